The van der Waals surface area contributed by atoms with E-state index in [2.05, 4.69) is 4.98 Å². The fourth-order valence-electron chi connectivity index (χ4n) is 1.70. The maximum absolute atomic E-state index is 12.2. The molecule has 2 aromatic rings. The van der Waals surface area contributed by atoms with Crippen molar-refractivity contribution in [3.05, 3.63) is 63.9 Å². The molecule has 19 heavy (non-hydrogen) atoms. The van der Waals surface area contributed by atoms with Crippen LogP contribution in [0.4, 0.5) is 0 Å². The van der Waals surface area contributed by atoms with Crippen LogP contribution in [0.3, 0.4) is 0 Å². The summed E-state index contributed by atoms with van der Waals surface area (Å²) in [5, 5.41) is 0.612. The summed E-state index contributed by atoms with van der Waals surface area (Å²) in [6.07, 6.45) is 0. The highest BCUT2D eigenvalue weighted by Crippen LogP contribution is 2.17. The number of carbonyl (C=O) groups is 1. The number of hydrogen-bond acceptors (Lipinski definition) is 2. The molecule has 3 nitrogen and oxygen atoms in total. The van der Waals surface area contributed by atoms with E-state index in [1.165, 1.54) is 12.1 Å². The van der Waals surface area contributed by atoms with Crippen molar-refractivity contribution < 1.29 is 4.79 Å². The predicted molar refractivity (Wildman–Crippen MR) is 76.5 cm³/mol. The van der Waals surface area contributed by atoms with Crippen molar-refractivity contribution in [2.24, 2.45) is 0 Å². The molecule has 0 saturated carbocycles. The van der Waals surface area contributed by atoms with Crippen molar-refractivity contribution in [2.75, 3.05) is 7.05 Å². The van der Waals surface area contributed by atoms with Gasteiger partial charge in [-0.3, -0.25) is 4.79 Å². The molecule has 0 unspecified atom stereocenters. The van der Waals surface area contributed by atoms with Gasteiger partial charge in [0.05, 0.1) is 0 Å². The van der Waals surface area contributed by atoms with Gasteiger partial charge >= 0.3 is 0 Å². The van der Waals surface area contributed by atoms with Gasteiger partial charge in [0.25, 0.3) is 5.91 Å². The average Bonchev–Trinajstić information content (AvgIpc) is 2.37. The minimum Gasteiger partial charge on any atom is -0.336 e. The smallest absolute Gasteiger partial charge is 0.272 e. The zero-order valence-electron chi connectivity index (χ0n) is 10.3. The van der Waals surface area contributed by atoms with E-state index in [0.717, 1.165) is 5.56 Å². The van der Waals surface area contributed by atoms with E-state index < -0.39 is 0 Å². The quantitative estimate of drug-likeness (QED) is 0.810. The number of nitrogens with zero attached hydrogens (tertiary/aromatic N) is 2. The standard InChI is InChI=1S/C14H12Cl2N2O/c1-18(9-10-5-3-2-4-6-10)14(19)12-7-11(15)8-13(16)17-12/h2-8H,9H2,1H3. The Bertz CT molecular complexity index is 567. The Labute approximate surface area is 121 Å². The maximum atomic E-state index is 12.2. The van der Waals surface area contributed by atoms with Gasteiger partial charge in [-0.15, -0.1) is 0 Å². The Hall–Kier alpha value is -1.58. The minimum atomic E-state index is -0.215. The Balaban J connectivity index is 2.15. The molecule has 0 aliphatic rings. The average molecular weight is 295 g/mol. The van der Waals surface area contributed by atoms with Crippen LogP contribution in [0, 0.1) is 0 Å². The van der Waals surface area contributed by atoms with Crippen molar-refractivity contribution in [2.45, 2.75) is 6.54 Å². The van der Waals surface area contributed by atoms with E-state index in [0.29, 0.717) is 11.6 Å². The summed E-state index contributed by atoms with van der Waals surface area (Å²) >= 11 is 11.7. The lowest BCUT2D eigenvalue weighted by atomic mass is 10.2. The van der Waals surface area contributed by atoms with Gasteiger partial charge in [-0.25, -0.2) is 4.98 Å². The minimum absolute atomic E-state index is 0.212. The third kappa shape index (κ3) is 3.69. The summed E-state index contributed by atoms with van der Waals surface area (Å²) in [7, 11) is 1.71. The van der Waals surface area contributed by atoms with Crippen LogP contribution < -0.4 is 0 Å². The van der Waals surface area contributed by atoms with E-state index in [4.69, 9.17) is 23.2 Å². The van der Waals surface area contributed by atoms with E-state index in [9.17, 15) is 4.79 Å². The van der Waals surface area contributed by atoms with Gasteiger partial charge in [0, 0.05) is 18.6 Å². The van der Waals surface area contributed by atoms with Gasteiger partial charge < -0.3 is 4.90 Å². The molecule has 0 fully saturated rings. The lowest BCUT2D eigenvalue weighted by Gasteiger charge is -2.17. The number of benzene rings is 1. The molecule has 0 aliphatic heterocycles. The molecule has 98 valence electrons. The lowest BCUT2D eigenvalue weighted by molar-refractivity contribution is 0.0779. The number of pyridine rings is 1. The molecule has 5 heteroatoms. The van der Waals surface area contributed by atoms with Crippen LogP contribution in [0.5, 0.6) is 0 Å². The highest BCUT2D eigenvalue weighted by atomic mass is 35.5. The summed E-state index contributed by atoms with van der Waals surface area (Å²) in [4.78, 5) is 17.8. The molecule has 0 aliphatic carbocycles. The van der Waals surface area contributed by atoms with E-state index in [1.807, 2.05) is 30.3 Å². The van der Waals surface area contributed by atoms with Gasteiger partial charge in [-0.05, 0) is 17.7 Å². The first-order chi connectivity index (χ1) is 9.06. The normalized spacial score (nSPS) is 10.3. The zero-order chi connectivity index (χ0) is 13.8. The van der Waals surface area contributed by atoms with Gasteiger partial charge in [-0.1, -0.05) is 53.5 Å². The van der Waals surface area contributed by atoms with Crippen LogP contribution in [0.25, 0.3) is 0 Å². The molecular weight excluding hydrogens is 283 g/mol. The summed E-state index contributed by atoms with van der Waals surface area (Å²) in [6, 6.07) is 12.7. The molecule has 1 amide bonds. The Morgan fingerprint density at radius 1 is 1.21 bits per heavy atom. The monoisotopic (exact) mass is 294 g/mol. The third-order valence-electron chi connectivity index (χ3n) is 2.59. The maximum Gasteiger partial charge on any atom is 0.272 e. The van der Waals surface area contributed by atoms with Crippen molar-refractivity contribution in [1.29, 1.82) is 0 Å². The van der Waals surface area contributed by atoms with Gasteiger partial charge in [-0.2, -0.15) is 0 Å². The molecule has 0 spiro atoms. The second kappa shape index (κ2) is 6.04. The highest BCUT2D eigenvalue weighted by molar-refractivity contribution is 6.34. The van der Waals surface area contributed by atoms with E-state index in [1.54, 1.807) is 11.9 Å². The first kappa shape index (κ1) is 13.8. The fourth-order valence-corrected chi connectivity index (χ4v) is 2.17. The first-order valence-corrected chi connectivity index (χ1v) is 6.44. The number of rotatable bonds is 3. The molecule has 2 rings (SSSR count). The highest BCUT2D eigenvalue weighted by Gasteiger charge is 2.14. The molecule has 0 N–H and O–H groups in total. The SMILES string of the molecule is CN(Cc1ccccc1)C(=O)c1cc(Cl)cc(Cl)n1. The fraction of sp³-hybridized carbons (Fsp3) is 0.143. The van der Waals surface area contributed by atoms with Crippen molar-refractivity contribution in [3.63, 3.8) is 0 Å². The van der Waals surface area contributed by atoms with Gasteiger partial charge in [0.15, 0.2) is 0 Å². The molecule has 0 atom stereocenters. The molecule has 0 radical (unpaired) electrons. The number of hydrogen-bond donors (Lipinski definition) is 0. The van der Waals surface area contributed by atoms with E-state index >= 15 is 0 Å². The predicted octanol–water partition coefficient (Wildman–Crippen LogP) is 3.66. The second-order valence-corrected chi connectivity index (χ2v) is 4.96. The van der Waals surface area contributed by atoms with Gasteiger partial charge in [0.1, 0.15) is 10.8 Å². The van der Waals surface area contributed by atoms with Crippen molar-refractivity contribution >= 4 is 29.1 Å². The van der Waals surface area contributed by atoms with Crippen molar-refractivity contribution in [1.82, 2.24) is 9.88 Å². The van der Waals surface area contributed by atoms with Crippen LogP contribution in [-0.4, -0.2) is 22.8 Å². The van der Waals surface area contributed by atoms with Crippen LogP contribution in [0.15, 0.2) is 42.5 Å². The zero-order valence-corrected chi connectivity index (χ0v) is 11.8. The van der Waals surface area contributed by atoms with E-state index in [-0.39, 0.29) is 16.8 Å². The Morgan fingerprint density at radius 3 is 2.53 bits per heavy atom. The summed E-state index contributed by atoms with van der Waals surface area (Å²) in [5.74, 6) is -0.215. The van der Waals surface area contributed by atoms with Crippen molar-refractivity contribution in [3.8, 4) is 0 Å². The van der Waals surface area contributed by atoms with Crippen LogP contribution in [-0.2, 0) is 6.54 Å². The van der Waals surface area contributed by atoms with Crippen LogP contribution in [0.2, 0.25) is 10.2 Å². The largest absolute Gasteiger partial charge is 0.336 e. The topological polar surface area (TPSA) is 33.2 Å². The number of carbonyl (C=O) groups excluding carboxylic acids is 1. The summed E-state index contributed by atoms with van der Waals surface area (Å²) in [5.41, 5.74) is 1.29. The molecule has 0 saturated heterocycles. The Morgan fingerprint density at radius 2 is 1.89 bits per heavy atom. The molecule has 1 aromatic heterocycles. The number of halogens is 2. The molecular formula is C14H12Cl2N2O. The third-order valence-corrected chi connectivity index (χ3v) is 3.00. The molecule has 1 heterocycles. The van der Waals surface area contributed by atoms with Crippen LogP contribution >= 0.6 is 23.2 Å². The molecule has 1 aromatic carbocycles. The summed E-state index contributed by atoms with van der Waals surface area (Å²) < 4.78 is 0. The molecule has 0 bridgehead atoms. The van der Waals surface area contributed by atoms with Gasteiger partial charge in [0.2, 0.25) is 0 Å². The second-order valence-electron chi connectivity index (χ2n) is 4.14. The first-order valence-electron chi connectivity index (χ1n) is 5.69. The Kier molecular flexibility index (Phi) is 4.40. The number of aromatic nitrogens is 1. The lowest BCUT2D eigenvalue weighted by Crippen LogP contribution is -2.27. The van der Waals surface area contributed by atoms with Crippen LogP contribution in [0.1, 0.15) is 16.1 Å². The summed E-state index contributed by atoms with van der Waals surface area (Å²) in [6.45, 7) is 0.505. The number of amides is 1.